The van der Waals surface area contributed by atoms with Crippen molar-refractivity contribution in [2.45, 2.75) is 32.4 Å². The van der Waals surface area contributed by atoms with Gasteiger partial charge in [-0.3, -0.25) is 0 Å². The lowest BCUT2D eigenvalue weighted by molar-refractivity contribution is 0.549. The molecular weight excluding hydrogens is 252 g/mol. The maximum atomic E-state index is 9.71. The van der Waals surface area contributed by atoms with Crippen LogP contribution < -0.4 is 0 Å². The molecule has 102 valence electrons. The van der Waals surface area contributed by atoms with Gasteiger partial charge in [0.2, 0.25) is 24.3 Å². The molecule has 19 heavy (non-hydrogen) atoms. The van der Waals surface area contributed by atoms with Gasteiger partial charge in [-0.25, -0.2) is 39.1 Å². The van der Waals surface area contributed by atoms with Crippen LogP contribution in [0.15, 0.2) is 20.0 Å². The maximum Gasteiger partial charge on any atom is 0.235 e. The average molecular weight is 266 g/mol. The Labute approximate surface area is 110 Å². The van der Waals surface area contributed by atoms with Crippen LogP contribution in [0.5, 0.6) is 0 Å². The number of nitrogens with zero attached hydrogens (tertiary/aromatic N) is 4. The second kappa shape index (κ2) is 15.5. The number of hydrogen-bond donors (Lipinski definition) is 0. The normalized spacial score (nSPS) is 10.8. The van der Waals surface area contributed by atoms with E-state index in [9.17, 15) is 19.2 Å². The van der Waals surface area contributed by atoms with E-state index in [0.717, 1.165) is 0 Å². The van der Waals surface area contributed by atoms with Crippen molar-refractivity contribution in [3.8, 4) is 0 Å². The van der Waals surface area contributed by atoms with Crippen LogP contribution >= 0.6 is 0 Å². The Morgan fingerprint density at radius 1 is 0.842 bits per heavy atom. The summed E-state index contributed by atoms with van der Waals surface area (Å²) in [5.74, 6) is 0. The topological polar surface area (TPSA) is 118 Å². The van der Waals surface area contributed by atoms with Gasteiger partial charge in [0, 0.05) is 0 Å². The van der Waals surface area contributed by atoms with Gasteiger partial charge in [-0.05, 0) is 13.3 Å². The predicted molar refractivity (Wildman–Crippen MR) is 65.8 cm³/mol. The maximum absolute atomic E-state index is 9.71. The molecule has 0 saturated carbocycles. The Balaban J connectivity index is 0. The Morgan fingerprint density at radius 3 is 1.79 bits per heavy atom. The van der Waals surface area contributed by atoms with Crippen molar-refractivity contribution in [2.75, 3.05) is 13.1 Å². The van der Waals surface area contributed by atoms with Crippen molar-refractivity contribution in [1.82, 2.24) is 0 Å². The molecule has 0 aromatic carbocycles. The molecule has 0 bridgehead atoms. The highest BCUT2D eigenvalue weighted by Gasteiger charge is 2.00. The fraction of sp³-hybridized carbons (Fsp3) is 0.636. The smallest absolute Gasteiger partial charge is 0.211 e. The summed E-state index contributed by atoms with van der Waals surface area (Å²) in [6, 6.07) is -0.470. The molecule has 0 aromatic heterocycles. The molecule has 0 fully saturated rings. The summed E-state index contributed by atoms with van der Waals surface area (Å²) in [4.78, 5) is 51.5. The molecule has 0 aromatic rings. The van der Waals surface area contributed by atoms with Crippen LogP contribution in [0.4, 0.5) is 0 Å². The summed E-state index contributed by atoms with van der Waals surface area (Å²) in [5.41, 5.74) is 0. The van der Waals surface area contributed by atoms with E-state index in [1.807, 2.05) is 6.92 Å². The van der Waals surface area contributed by atoms with Crippen molar-refractivity contribution in [2.24, 2.45) is 20.0 Å². The highest BCUT2D eigenvalue weighted by atomic mass is 16.1. The lowest BCUT2D eigenvalue weighted by Gasteiger charge is -1.98. The fourth-order valence-electron chi connectivity index (χ4n) is 0.779. The molecule has 0 radical (unpaired) electrons. The Hall–Kier alpha value is -2.48. The van der Waals surface area contributed by atoms with E-state index in [4.69, 9.17) is 0 Å². The molecule has 8 nitrogen and oxygen atoms in total. The molecule has 0 spiro atoms. The van der Waals surface area contributed by atoms with Gasteiger partial charge in [-0.1, -0.05) is 6.92 Å². The summed E-state index contributed by atoms with van der Waals surface area (Å²) in [6.45, 7) is 3.95. The highest BCUT2D eigenvalue weighted by Crippen LogP contribution is 1.95. The van der Waals surface area contributed by atoms with Crippen molar-refractivity contribution in [3.63, 3.8) is 0 Å². The number of rotatable bonds is 7. The van der Waals surface area contributed by atoms with E-state index in [-0.39, 0.29) is 25.2 Å². The molecule has 0 aliphatic rings. The molecule has 2 atom stereocenters. The zero-order chi connectivity index (χ0) is 14.9. The van der Waals surface area contributed by atoms with E-state index in [1.54, 1.807) is 6.92 Å². The monoisotopic (exact) mass is 266 g/mol. The third kappa shape index (κ3) is 15.5. The quantitative estimate of drug-likeness (QED) is 0.492. The molecule has 2 unspecified atom stereocenters. The third-order valence-electron chi connectivity index (χ3n) is 1.77. The summed E-state index contributed by atoms with van der Waals surface area (Å²) >= 11 is 0. The van der Waals surface area contributed by atoms with Crippen LogP contribution in [0.1, 0.15) is 20.3 Å². The average Bonchev–Trinajstić information content (AvgIpc) is 2.42. The zero-order valence-electron chi connectivity index (χ0n) is 10.7. The zero-order valence-corrected chi connectivity index (χ0v) is 10.7. The molecular formula is C11H14N4O4. The molecule has 0 N–H and O–H groups in total. The molecule has 8 heteroatoms. The number of isocyanates is 4. The summed E-state index contributed by atoms with van der Waals surface area (Å²) in [7, 11) is 0. The predicted octanol–water partition coefficient (Wildman–Crippen LogP) is 0.483. The minimum absolute atomic E-state index is 0.207. The van der Waals surface area contributed by atoms with E-state index in [1.165, 1.54) is 24.3 Å². The highest BCUT2D eigenvalue weighted by molar-refractivity contribution is 5.35. The first-order chi connectivity index (χ1) is 9.15. The second-order valence-corrected chi connectivity index (χ2v) is 3.22. The van der Waals surface area contributed by atoms with Gasteiger partial charge in [-0.15, -0.1) is 0 Å². The SMILES string of the molecule is CC(CN=C=O)N=C=O.CCC(CN=C=O)N=C=O. The summed E-state index contributed by atoms with van der Waals surface area (Å²) in [5, 5.41) is 0. The van der Waals surface area contributed by atoms with E-state index >= 15 is 0 Å². The molecule has 0 aliphatic carbocycles. The van der Waals surface area contributed by atoms with Crippen LogP contribution in [0, 0.1) is 0 Å². The van der Waals surface area contributed by atoms with Gasteiger partial charge in [0.1, 0.15) is 0 Å². The second-order valence-electron chi connectivity index (χ2n) is 3.22. The molecule has 0 heterocycles. The Morgan fingerprint density at radius 2 is 1.37 bits per heavy atom. The molecule has 0 aliphatic heterocycles. The van der Waals surface area contributed by atoms with Gasteiger partial charge in [-0.2, -0.15) is 0 Å². The molecule has 0 saturated heterocycles. The van der Waals surface area contributed by atoms with Crippen molar-refractivity contribution < 1.29 is 19.2 Å². The summed E-state index contributed by atoms with van der Waals surface area (Å²) in [6.07, 6.45) is 6.17. The van der Waals surface area contributed by atoms with Crippen molar-refractivity contribution in [3.05, 3.63) is 0 Å². The van der Waals surface area contributed by atoms with Gasteiger partial charge in [0.25, 0.3) is 0 Å². The minimum atomic E-state index is -0.260. The van der Waals surface area contributed by atoms with Gasteiger partial charge < -0.3 is 0 Å². The van der Waals surface area contributed by atoms with Gasteiger partial charge in [0.05, 0.1) is 25.2 Å². The van der Waals surface area contributed by atoms with Gasteiger partial charge in [0.15, 0.2) is 0 Å². The summed E-state index contributed by atoms with van der Waals surface area (Å²) < 4.78 is 0. The minimum Gasteiger partial charge on any atom is -0.211 e. The van der Waals surface area contributed by atoms with Crippen molar-refractivity contribution in [1.29, 1.82) is 0 Å². The number of aliphatic imine (C=N–C) groups is 4. The molecule has 0 amide bonds. The van der Waals surface area contributed by atoms with E-state index in [0.29, 0.717) is 6.42 Å². The van der Waals surface area contributed by atoms with Crippen LogP contribution in [0.25, 0.3) is 0 Å². The van der Waals surface area contributed by atoms with E-state index < -0.39 is 0 Å². The van der Waals surface area contributed by atoms with Crippen LogP contribution in [0.3, 0.4) is 0 Å². The first kappa shape index (κ1) is 18.9. The largest absolute Gasteiger partial charge is 0.235 e. The van der Waals surface area contributed by atoms with Crippen LogP contribution in [-0.2, 0) is 19.2 Å². The third-order valence-corrected chi connectivity index (χ3v) is 1.77. The standard InChI is InChI=1S/C6H8N2O2.C5H6N2O2/c1-2-6(8-5-10)3-7-4-9;1-5(7-4-9)2-6-3-8/h6H,2-3H2,1H3;5H,2H2,1H3. The Kier molecular flexibility index (Phi) is 15.4. The van der Waals surface area contributed by atoms with E-state index in [2.05, 4.69) is 20.0 Å². The van der Waals surface area contributed by atoms with Gasteiger partial charge >= 0.3 is 0 Å². The Bertz CT molecular complexity index is 426. The van der Waals surface area contributed by atoms with Crippen molar-refractivity contribution >= 4 is 24.3 Å². The van der Waals surface area contributed by atoms with Crippen LogP contribution in [-0.4, -0.2) is 49.5 Å². The lowest BCUT2D eigenvalue weighted by Crippen LogP contribution is -2.05. The first-order valence-electron chi connectivity index (χ1n) is 5.37. The number of hydrogen-bond acceptors (Lipinski definition) is 8. The molecule has 0 rings (SSSR count). The van der Waals surface area contributed by atoms with Crippen LogP contribution in [0.2, 0.25) is 0 Å². The fourth-order valence-corrected chi connectivity index (χ4v) is 0.779. The number of carbonyl (C=O) groups excluding carboxylic acids is 4. The lowest BCUT2D eigenvalue weighted by atomic mass is 10.2. The first-order valence-corrected chi connectivity index (χ1v) is 5.37.